The van der Waals surface area contributed by atoms with Crippen molar-refractivity contribution in [1.82, 2.24) is 9.97 Å². The number of nitrogens with one attached hydrogen (secondary N) is 1. The van der Waals surface area contributed by atoms with E-state index in [0.717, 1.165) is 22.4 Å². The molecule has 0 atom stereocenters. The summed E-state index contributed by atoms with van der Waals surface area (Å²) in [5.74, 6) is 0.385. The number of H-pyrrole nitrogens is 1. The third-order valence-corrected chi connectivity index (χ3v) is 2.86. The molecule has 0 aliphatic heterocycles. The topological polar surface area (TPSA) is 81.3 Å². The number of hydrogen-bond acceptors (Lipinski definition) is 5. The summed E-state index contributed by atoms with van der Waals surface area (Å²) in [6, 6.07) is 12.7. The normalized spacial score (nSPS) is 10.3. The number of nitrogens with zero attached hydrogens (tertiary/aromatic N) is 1. The Balaban J connectivity index is 0.000000126. The van der Waals surface area contributed by atoms with Crippen LogP contribution in [-0.4, -0.2) is 17.1 Å². The van der Waals surface area contributed by atoms with Gasteiger partial charge in [-0.15, -0.1) is 0 Å². The summed E-state index contributed by atoms with van der Waals surface area (Å²) in [5, 5.41) is 0. The lowest BCUT2D eigenvalue weighted by atomic mass is 10.3. The predicted octanol–water partition coefficient (Wildman–Crippen LogP) is 2.96. The van der Waals surface area contributed by atoms with Crippen LogP contribution in [0.2, 0.25) is 0 Å². The van der Waals surface area contributed by atoms with E-state index in [4.69, 9.17) is 13.6 Å². The summed E-state index contributed by atoms with van der Waals surface area (Å²) in [6.07, 6.45) is 1.42. The number of benzene rings is 2. The van der Waals surface area contributed by atoms with E-state index in [0.29, 0.717) is 5.58 Å². The minimum atomic E-state index is -0.402. The van der Waals surface area contributed by atoms with Crippen LogP contribution in [0, 0.1) is 0 Å². The Kier molecular flexibility index (Phi) is 3.42. The van der Waals surface area contributed by atoms with Gasteiger partial charge in [0.2, 0.25) is 0 Å². The highest BCUT2D eigenvalue weighted by Gasteiger charge is 1.98. The molecule has 6 heteroatoms. The van der Waals surface area contributed by atoms with Crippen molar-refractivity contribution < 1.29 is 13.6 Å². The molecule has 106 valence electrons. The van der Waals surface area contributed by atoms with Gasteiger partial charge in [-0.2, -0.15) is 0 Å². The Bertz CT molecular complexity index is 884. The second-order valence-corrected chi connectivity index (χ2v) is 4.20. The number of para-hydroxylation sites is 2. The fraction of sp³-hybridized carbons (Fsp3) is 0.0667. The average Bonchev–Trinajstić information content (AvgIpc) is 3.11. The molecule has 2 aromatic heterocycles. The van der Waals surface area contributed by atoms with Gasteiger partial charge in [-0.1, -0.05) is 12.1 Å². The first-order valence-electron chi connectivity index (χ1n) is 6.21. The van der Waals surface area contributed by atoms with Gasteiger partial charge in [0.05, 0.1) is 12.6 Å². The predicted molar refractivity (Wildman–Crippen MR) is 77.4 cm³/mol. The Morgan fingerprint density at radius 2 is 2.00 bits per heavy atom. The summed E-state index contributed by atoms with van der Waals surface area (Å²) < 4.78 is 14.8. The van der Waals surface area contributed by atoms with Crippen molar-refractivity contribution >= 4 is 22.2 Å². The SMILES string of the molecule is COc1ccc2ncoc2c1.O=c1[nH]c2ccccc2o1. The molecule has 2 heterocycles. The van der Waals surface area contributed by atoms with Crippen LogP contribution in [0.4, 0.5) is 0 Å². The maximum Gasteiger partial charge on any atom is 0.417 e. The van der Waals surface area contributed by atoms with Crippen molar-refractivity contribution in [1.29, 1.82) is 0 Å². The van der Waals surface area contributed by atoms with Gasteiger partial charge >= 0.3 is 5.76 Å². The number of aromatic nitrogens is 2. The number of oxazole rings is 2. The third kappa shape index (κ3) is 2.79. The zero-order valence-corrected chi connectivity index (χ0v) is 11.2. The van der Waals surface area contributed by atoms with E-state index in [1.54, 1.807) is 19.2 Å². The molecule has 0 saturated carbocycles. The minimum absolute atomic E-state index is 0.402. The number of rotatable bonds is 1. The maximum atomic E-state index is 10.6. The summed E-state index contributed by atoms with van der Waals surface area (Å²) in [7, 11) is 1.62. The highest BCUT2D eigenvalue weighted by Crippen LogP contribution is 2.18. The molecular weight excluding hydrogens is 272 g/mol. The highest BCUT2D eigenvalue weighted by molar-refractivity contribution is 5.73. The Labute approximate surface area is 119 Å². The number of methoxy groups -OCH3 is 1. The molecule has 0 fully saturated rings. The van der Waals surface area contributed by atoms with Gasteiger partial charge in [-0.3, -0.25) is 4.98 Å². The standard InChI is InChI=1S/C8H7NO2.C7H5NO2/c1-10-6-2-3-7-8(4-6)11-5-9-7;9-7-8-5-3-1-2-4-6(5)10-7/h2-5H,1H3;1-4H,(H,8,9). The lowest BCUT2D eigenvalue weighted by Gasteiger charge is -1.95. The highest BCUT2D eigenvalue weighted by atomic mass is 16.5. The van der Waals surface area contributed by atoms with E-state index in [-0.39, 0.29) is 0 Å². The van der Waals surface area contributed by atoms with Crippen LogP contribution in [0.1, 0.15) is 0 Å². The average molecular weight is 284 g/mol. The van der Waals surface area contributed by atoms with Gasteiger partial charge in [0.15, 0.2) is 17.6 Å². The van der Waals surface area contributed by atoms with E-state index in [9.17, 15) is 4.79 Å². The van der Waals surface area contributed by atoms with Gasteiger partial charge in [-0.25, -0.2) is 9.78 Å². The van der Waals surface area contributed by atoms with Crippen LogP contribution < -0.4 is 10.5 Å². The number of aromatic amines is 1. The molecule has 0 spiro atoms. The molecule has 4 aromatic rings. The van der Waals surface area contributed by atoms with Crippen LogP contribution in [-0.2, 0) is 0 Å². The summed E-state index contributed by atoms with van der Waals surface area (Å²) in [6.45, 7) is 0. The first kappa shape index (κ1) is 13.0. The second-order valence-electron chi connectivity index (χ2n) is 4.20. The van der Waals surface area contributed by atoms with Crippen molar-refractivity contribution in [3.05, 3.63) is 59.4 Å². The Hall–Kier alpha value is -3.02. The molecule has 0 saturated heterocycles. The molecular formula is C15H12N2O4. The molecule has 0 amide bonds. The molecule has 0 radical (unpaired) electrons. The van der Waals surface area contributed by atoms with Crippen molar-refractivity contribution in [3.63, 3.8) is 0 Å². The van der Waals surface area contributed by atoms with E-state index >= 15 is 0 Å². The maximum absolute atomic E-state index is 10.6. The number of ether oxygens (including phenoxy) is 1. The smallest absolute Gasteiger partial charge is 0.417 e. The lowest BCUT2D eigenvalue weighted by Crippen LogP contribution is -1.92. The monoisotopic (exact) mass is 284 g/mol. The Morgan fingerprint density at radius 3 is 2.81 bits per heavy atom. The van der Waals surface area contributed by atoms with E-state index < -0.39 is 5.76 Å². The first-order valence-corrected chi connectivity index (χ1v) is 6.21. The second kappa shape index (κ2) is 5.54. The van der Waals surface area contributed by atoms with E-state index in [1.165, 1.54) is 6.39 Å². The van der Waals surface area contributed by atoms with Gasteiger partial charge in [0.1, 0.15) is 11.3 Å². The van der Waals surface area contributed by atoms with Crippen molar-refractivity contribution in [2.75, 3.05) is 7.11 Å². The summed E-state index contributed by atoms with van der Waals surface area (Å²) in [4.78, 5) is 17.1. The molecule has 21 heavy (non-hydrogen) atoms. The van der Waals surface area contributed by atoms with Crippen LogP contribution in [0.3, 0.4) is 0 Å². The van der Waals surface area contributed by atoms with Crippen LogP contribution in [0.25, 0.3) is 22.2 Å². The van der Waals surface area contributed by atoms with Crippen LogP contribution >= 0.6 is 0 Å². The molecule has 0 aliphatic rings. The molecule has 1 N–H and O–H groups in total. The minimum Gasteiger partial charge on any atom is -0.497 e. The molecule has 6 nitrogen and oxygen atoms in total. The molecule has 0 unspecified atom stereocenters. The van der Waals surface area contributed by atoms with Gasteiger partial charge < -0.3 is 13.6 Å². The van der Waals surface area contributed by atoms with E-state index in [2.05, 4.69) is 9.97 Å². The molecule has 0 aliphatic carbocycles. The Morgan fingerprint density at radius 1 is 1.14 bits per heavy atom. The zero-order valence-electron chi connectivity index (χ0n) is 11.2. The third-order valence-electron chi connectivity index (χ3n) is 2.86. The largest absolute Gasteiger partial charge is 0.497 e. The summed E-state index contributed by atoms with van der Waals surface area (Å²) >= 11 is 0. The van der Waals surface area contributed by atoms with Crippen LogP contribution in [0.5, 0.6) is 5.75 Å². The number of hydrogen-bond donors (Lipinski definition) is 1. The van der Waals surface area contributed by atoms with Crippen LogP contribution in [0.15, 0.2) is 62.5 Å². The molecule has 4 rings (SSSR count). The quantitative estimate of drug-likeness (QED) is 0.581. The molecule has 2 aromatic carbocycles. The van der Waals surface area contributed by atoms with Gasteiger partial charge in [0, 0.05) is 6.07 Å². The van der Waals surface area contributed by atoms with E-state index in [1.807, 2.05) is 30.3 Å². The fourth-order valence-electron chi connectivity index (χ4n) is 1.86. The van der Waals surface area contributed by atoms with Crippen molar-refractivity contribution in [2.24, 2.45) is 0 Å². The van der Waals surface area contributed by atoms with Gasteiger partial charge in [0.25, 0.3) is 0 Å². The first-order chi connectivity index (χ1) is 10.3. The lowest BCUT2D eigenvalue weighted by molar-refractivity contribution is 0.414. The van der Waals surface area contributed by atoms with Crippen molar-refractivity contribution in [3.8, 4) is 5.75 Å². The molecule has 0 bridgehead atoms. The van der Waals surface area contributed by atoms with Crippen molar-refractivity contribution in [2.45, 2.75) is 0 Å². The van der Waals surface area contributed by atoms with Gasteiger partial charge in [-0.05, 0) is 24.3 Å². The number of fused-ring (bicyclic) bond motifs is 2. The summed E-state index contributed by atoms with van der Waals surface area (Å²) in [5.41, 5.74) is 2.95. The zero-order chi connectivity index (χ0) is 14.7. The fourth-order valence-corrected chi connectivity index (χ4v) is 1.86.